The largest absolute Gasteiger partial charge is 0.308 e. The Morgan fingerprint density at radius 2 is 2.05 bits per heavy atom. The number of nitrogens with zero attached hydrogens (tertiary/aromatic N) is 1. The lowest BCUT2D eigenvalue weighted by Gasteiger charge is -2.30. The minimum Gasteiger partial charge on any atom is -0.308 e. The van der Waals surface area contributed by atoms with Gasteiger partial charge in [0.1, 0.15) is 0 Å². The molecule has 0 saturated carbocycles. The van der Waals surface area contributed by atoms with Crippen molar-refractivity contribution in [2.45, 2.75) is 52.6 Å². The van der Waals surface area contributed by atoms with E-state index in [2.05, 4.69) is 69.2 Å². The van der Waals surface area contributed by atoms with Crippen LogP contribution in [0.4, 0.5) is 0 Å². The van der Waals surface area contributed by atoms with Gasteiger partial charge in [-0.15, -0.1) is 0 Å². The normalized spacial score (nSPS) is 22.0. The summed E-state index contributed by atoms with van der Waals surface area (Å²) >= 11 is 0. The third-order valence-corrected chi connectivity index (χ3v) is 4.95. The first-order valence-electron chi connectivity index (χ1n) is 7.97. The van der Waals surface area contributed by atoms with Crippen molar-refractivity contribution in [1.82, 2.24) is 10.2 Å². The Labute approximate surface area is 124 Å². The van der Waals surface area contributed by atoms with Gasteiger partial charge >= 0.3 is 0 Å². The fraction of sp³-hybridized carbons (Fsp3) is 0.667. The lowest BCUT2D eigenvalue weighted by molar-refractivity contribution is 0.224. The van der Waals surface area contributed by atoms with Gasteiger partial charge < -0.3 is 10.2 Å². The zero-order valence-electron chi connectivity index (χ0n) is 13.7. The first kappa shape index (κ1) is 15.5. The van der Waals surface area contributed by atoms with Crippen LogP contribution in [-0.2, 0) is 6.42 Å². The van der Waals surface area contributed by atoms with Crippen LogP contribution >= 0.6 is 0 Å². The van der Waals surface area contributed by atoms with Crippen LogP contribution in [0.15, 0.2) is 24.3 Å². The van der Waals surface area contributed by atoms with E-state index in [1.54, 1.807) is 0 Å². The minimum atomic E-state index is 0.318. The van der Waals surface area contributed by atoms with Gasteiger partial charge in [0.25, 0.3) is 0 Å². The maximum absolute atomic E-state index is 3.80. The van der Waals surface area contributed by atoms with Crippen LogP contribution in [0, 0.1) is 5.41 Å². The molecule has 2 unspecified atom stereocenters. The SMILES string of the molecule is CCC(C)N(C)CCNC1c2ccccc2CC1(C)C. The Bertz CT molecular complexity index is 439. The molecular weight excluding hydrogens is 244 g/mol. The monoisotopic (exact) mass is 274 g/mol. The van der Waals surface area contributed by atoms with Crippen molar-refractivity contribution in [3.63, 3.8) is 0 Å². The molecule has 1 aliphatic carbocycles. The molecule has 112 valence electrons. The van der Waals surface area contributed by atoms with E-state index in [9.17, 15) is 0 Å². The summed E-state index contributed by atoms with van der Waals surface area (Å²) in [6.45, 7) is 11.5. The van der Waals surface area contributed by atoms with Gasteiger partial charge in [0.15, 0.2) is 0 Å². The number of benzene rings is 1. The van der Waals surface area contributed by atoms with Crippen molar-refractivity contribution in [3.05, 3.63) is 35.4 Å². The van der Waals surface area contributed by atoms with Gasteiger partial charge in [-0.1, -0.05) is 45.0 Å². The van der Waals surface area contributed by atoms with Gasteiger partial charge in [-0.05, 0) is 43.4 Å². The van der Waals surface area contributed by atoms with Gasteiger partial charge in [-0.3, -0.25) is 0 Å². The van der Waals surface area contributed by atoms with Crippen LogP contribution in [0.25, 0.3) is 0 Å². The first-order chi connectivity index (χ1) is 9.45. The maximum atomic E-state index is 3.80. The van der Waals surface area contributed by atoms with Gasteiger partial charge in [0.05, 0.1) is 0 Å². The van der Waals surface area contributed by atoms with E-state index < -0.39 is 0 Å². The van der Waals surface area contributed by atoms with Crippen LogP contribution in [0.2, 0.25) is 0 Å². The number of hydrogen-bond donors (Lipinski definition) is 1. The summed E-state index contributed by atoms with van der Waals surface area (Å²) < 4.78 is 0. The quantitative estimate of drug-likeness (QED) is 0.852. The zero-order chi connectivity index (χ0) is 14.8. The van der Waals surface area contributed by atoms with Crippen molar-refractivity contribution < 1.29 is 0 Å². The van der Waals surface area contributed by atoms with Crippen molar-refractivity contribution in [2.75, 3.05) is 20.1 Å². The highest BCUT2D eigenvalue weighted by Crippen LogP contribution is 2.44. The third-order valence-electron chi connectivity index (χ3n) is 4.95. The molecule has 2 atom stereocenters. The topological polar surface area (TPSA) is 15.3 Å². The molecular formula is C18H30N2. The molecule has 1 aromatic carbocycles. The molecule has 1 aromatic rings. The van der Waals surface area contributed by atoms with Crippen molar-refractivity contribution >= 4 is 0 Å². The number of rotatable bonds is 6. The lowest BCUT2D eigenvalue weighted by atomic mass is 9.85. The molecule has 20 heavy (non-hydrogen) atoms. The Balaban J connectivity index is 1.95. The average Bonchev–Trinajstić information content (AvgIpc) is 2.68. The van der Waals surface area contributed by atoms with Gasteiger partial charge in [0.2, 0.25) is 0 Å². The van der Waals surface area contributed by atoms with E-state index in [0.717, 1.165) is 13.1 Å². The standard InChI is InChI=1S/C18H30N2/c1-6-14(2)20(5)12-11-19-17-16-10-8-7-9-15(16)13-18(17,3)4/h7-10,14,17,19H,6,11-13H2,1-5H3. The summed E-state index contributed by atoms with van der Waals surface area (Å²) in [5.74, 6) is 0. The van der Waals surface area contributed by atoms with Crippen molar-refractivity contribution in [1.29, 1.82) is 0 Å². The molecule has 0 amide bonds. The molecule has 0 heterocycles. The highest BCUT2D eigenvalue weighted by Gasteiger charge is 2.38. The van der Waals surface area contributed by atoms with E-state index in [0.29, 0.717) is 17.5 Å². The summed E-state index contributed by atoms with van der Waals surface area (Å²) in [4.78, 5) is 2.45. The Morgan fingerprint density at radius 1 is 1.35 bits per heavy atom. The minimum absolute atomic E-state index is 0.318. The van der Waals surface area contributed by atoms with Gasteiger partial charge in [0, 0.05) is 25.2 Å². The van der Waals surface area contributed by atoms with E-state index in [4.69, 9.17) is 0 Å². The van der Waals surface area contributed by atoms with Crippen molar-refractivity contribution in [2.24, 2.45) is 5.41 Å². The smallest absolute Gasteiger partial charge is 0.0378 e. The summed E-state index contributed by atoms with van der Waals surface area (Å²) in [5.41, 5.74) is 3.34. The molecule has 0 fully saturated rings. The molecule has 2 heteroatoms. The number of likely N-dealkylation sites (N-methyl/N-ethyl adjacent to an activating group) is 1. The fourth-order valence-corrected chi connectivity index (χ4v) is 3.29. The predicted octanol–water partition coefficient (Wildman–Crippen LogP) is 3.63. The predicted molar refractivity (Wildman–Crippen MR) is 87.1 cm³/mol. The molecule has 2 nitrogen and oxygen atoms in total. The Kier molecular flexibility index (Phi) is 4.87. The average molecular weight is 274 g/mol. The zero-order valence-corrected chi connectivity index (χ0v) is 13.7. The van der Waals surface area contributed by atoms with E-state index in [1.807, 2.05) is 0 Å². The van der Waals surface area contributed by atoms with Crippen LogP contribution in [0.5, 0.6) is 0 Å². The first-order valence-corrected chi connectivity index (χ1v) is 7.97. The second-order valence-corrected chi connectivity index (χ2v) is 6.99. The summed E-state index contributed by atoms with van der Waals surface area (Å²) in [7, 11) is 2.23. The summed E-state index contributed by atoms with van der Waals surface area (Å²) in [5, 5.41) is 3.80. The molecule has 0 bridgehead atoms. The van der Waals surface area contributed by atoms with E-state index in [1.165, 1.54) is 24.0 Å². The van der Waals surface area contributed by atoms with Crippen molar-refractivity contribution in [3.8, 4) is 0 Å². The highest BCUT2D eigenvalue weighted by molar-refractivity contribution is 5.37. The van der Waals surface area contributed by atoms with Gasteiger partial charge in [-0.25, -0.2) is 0 Å². The molecule has 0 aromatic heterocycles. The summed E-state index contributed by atoms with van der Waals surface area (Å²) in [6.07, 6.45) is 2.40. The van der Waals surface area contributed by atoms with E-state index >= 15 is 0 Å². The molecule has 0 spiro atoms. The Hall–Kier alpha value is -0.860. The second kappa shape index (κ2) is 6.28. The maximum Gasteiger partial charge on any atom is 0.0378 e. The second-order valence-electron chi connectivity index (χ2n) is 6.99. The molecule has 0 saturated heterocycles. The lowest BCUT2D eigenvalue weighted by Crippen LogP contribution is -2.38. The molecule has 2 rings (SSSR count). The summed E-state index contributed by atoms with van der Waals surface area (Å²) in [6, 6.07) is 10.1. The third kappa shape index (κ3) is 3.24. The Morgan fingerprint density at radius 3 is 2.75 bits per heavy atom. The van der Waals surface area contributed by atoms with E-state index in [-0.39, 0.29) is 0 Å². The van der Waals surface area contributed by atoms with Crippen LogP contribution in [0.1, 0.15) is 51.3 Å². The molecule has 1 N–H and O–H groups in total. The van der Waals surface area contributed by atoms with Gasteiger partial charge in [-0.2, -0.15) is 0 Å². The molecule has 1 aliphatic rings. The fourth-order valence-electron chi connectivity index (χ4n) is 3.29. The highest BCUT2D eigenvalue weighted by atomic mass is 15.1. The van der Waals surface area contributed by atoms with Crippen LogP contribution in [0.3, 0.4) is 0 Å². The van der Waals surface area contributed by atoms with Crippen LogP contribution in [-0.4, -0.2) is 31.1 Å². The number of nitrogens with one attached hydrogen (secondary N) is 1. The molecule has 0 radical (unpaired) electrons. The number of hydrogen-bond acceptors (Lipinski definition) is 2. The number of fused-ring (bicyclic) bond motifs is 1. The van der Waals surface area contributed by atoms with Crippen LogP contribution < -0.4 is 5.32 Å². The molecule has 0 aliphatic heterocycles.